The third kappa shape index (κ3) is 1.18. The molecule has 0 unspecified atom stereocenters. The zero-order valence-electron chi connectivity index (χ0n) is 5.47. The molecule has 0 N–H and O–H groups in total. The predicted molar refractivity (Wildman–Crippen MR) is 34.3 cm³/mol. The minimum Gasteiger partial charge on any atom is -0.296 e. The number of aryl methyl sites for hydroxylation is 1. The fourth-order valence-electron chi connectivity index (χ4n) is 0.674. The second-order valence-electron chi connectivity index (χ2n) is 1.97. The van der Waals surface area contributed by atoms with Crippen LogP contribution >= 0.6 is 0 Å². The normalized spacial score (nSPS) is 9.40. The van der Waals surface area contributed by atoms with Gasteiger partial charge in [0.05, 0.1) is 6.20 Å². The van der Waals surface area contributed by atoms with Crippen LogP contribution in [0.4, 0.5) is 4.39 Å². The molecule has 1 rings (SSSR count). The maximum Gasteiger partial charge on any atom is 0.168 e. The van der Waals surface area contributed by atoms with Crippen LogP contribution in [-0.4, -0.2) is 11.3 Å². The Bertz CT molecular complexity index is 260. The van der Waals surface area contributed by atoms with Gasteiger partial charge in [0.2, 0.25) is 0 Å². The molecule has 0 spiro atoms. The Morgan fingerprint density at radius 1 is 1.70 bits per heavy atom. The second-order valence-corrected chi connectivity index (χ2v) is 1.97. The highest BCUT2D eigenvalue weighted by molar-refractivity contribution is 5.73. The van der Waals surface area contributed by atoms with Crippen LogP contribution in [0.15, 0.2) is 12.3 Å². The highest BCUT2D eigenvalue weighted by Crippen LogP contribution is 2.02. The van der Waals surface area contributed by atoms with Crippen molar-refractivity contribution in [3.63, 3.8) is 0 Å². The average molecular weight is 139 g/mol. The fourth-order valence-corrected chi connectivity index (χ4v) is 0.674. The largest absolute Gasteiger partial charge is 0.296 e. The van der Waals surface area contributed by atoms with Gasteiger partial charge in [-0.2, -0.15) is 0 Å². The molecular formula is C7H6FNO. The number of hydrogen-bond acceptors (Lipinski definition) is 2. The second kappa shape index (κ2) is 2.56. The highest BCUT2D eigenvalue weighted by Gasteiger charge is 1.97. The lowest BCUT2D eigenvalue weighted by molar-refractivity contribution is 0.111. The van der Waals surface area contributed by atoms with Gasteiger partial charge in [-0.3, -0.25) is 9.78 Å². The van der Waals surface area contributed by atoms with E-state index in [2.05, 4.69) is 4.98 Å². The number of halogens is 1. The molecule has 0 saturated heterocycles. The molecule has 0 aliphatic heterocycles. The van der Waals surface area contributed by atoms with Crippen molar-refractivity contribution in [1.29, 1.82) is 0 Å². The van der Waals surface area contributed by atoms with Gasteiger partial charge in [-0.05, 0) is 18.6 Å². The predicted octanol–water partition coefficient (Wildman–Crippen LogP) is 1.34. The van der Waals surface area contributed by atoms with Gasteiger partial charge in [-0.15, -0.1) is 0 Å². The first-order valence-electron chi connectivity index (χ1n) is 2.81. The topological polar surface area (TPSA) is 30.0 Å². The Morgan fingerprint density at radius 2 is 2.40 bits per heavy atom. The van der Waals surface area contributed by atoms with E-state index in [1.54, 1.807) is 6.92 Å². The molecule has 2 nitrogen and oxygen atoms in total. The first-order chi connectivity index (χ1) is 4.74. The Morgan fingerprint density at radius 3 is 2.90 bits per heavy atom. The van der Waals surface area contributed by atoms with E-state index in [0.717, 1.165) is 6.20 Å². The van der Waals surface area contributed by atoms with Crippen LogP contribution in [0.3, 0.4) is 0 Å². The summed E-state index contributed by atoms with van der Waals surface area (Å²) in [6.45, 7) is 1.64. The number of aldehydes is 1. The van der Waals surface area contributed by atoms with E-state index in [1.165, 1.54) is 6.07 Å². The zero-order valence-corrected chi connectivity index (χ0v) is 5.47. The number of carbonyl (C=O) groups excluding carboxylic acids is 1. The average Bonchev–Trinajstić information content (AvgIpc) is 1.88. The number of aromatic nitrogens is 1. The minimum atomic E-state index is -0.414. The van der Waals surface area contributed by atoms with Crippen LogP contribution in [0.2, 0.25) is 0 Å². The van der Waals surface area contributed by atoms with E-state index in [0.29, 0.717) is 17.5 Å². The molecule has 0 bridgehead atoms. The molecule has 0 aromatic carbocycles. The number of pyridine rings is 1. The summed E-state index contributed by atoms with van der Waals surface area (Å²) in [5, 5.41) is 0. The molecule has 1 aromatic rings. The number of nitrogens with zero attached hydrogens (tertiary/aromatic N) is 1. The van der Waals surface area contributed by atoms with Gasteiger partial charge in [-0.1, -0.05) is 0 Å². The van der Waals surface area contributed by atoms with E-state index < -0.39 is 5.82 Å². The Kier molecular flexibility index (Phi) is 1.76. The van der Waals surface area contributed by atoms with Gasteiger partial charge >= 0.3 is 0 Å². The van der Waals surface area contributed by atoms with Gasteiger partial charge in [0.15, 0.2) is 6.29 Å². The van der Waals surface area contributed by atoms with Crippen LogP contribution in [0.5, 0.6) is 0 Å². The Balaban J connectivity index is 3.19. The highest BCUT2D eigenvalue weighted by atomic mass is 19.1. The quantitative estimate of drug-likeness (QED) is 0.549. The standard InChI is InChI=1S/C7H6FNO/c1-5-2-6(8)3-9-7(5)4-10/h2-4H,1H3. The lowest BCUT2D eigenvalue weighted by atomic mass is 10.2. The third-order valence-electron chi connectivity index (χ3n) is 1.20. The summed E-state index contributed by atoms with van der Waals surface area (Å²) in [6, 6.07) is 1.27. The summed E-state index contributed by atoms with van der Waals surface area (Å²) in [7, 11) is 0. The molecule has 0 atom stereocenters. The number of hydrogen-bond donors (Lipinski definition) is 0. The maximum atomic E-state index is 12.3. The van der Waals surface area contributed by atoms with Crippen LogP contribution in [0.1, 0.15) is 16.1 Å². The van der Waals surface area contributed by atoms with E-state index in [9.17, 15) is 9.18 Å². The maximum absolute atomic E-state index is 12.3. The Labute approximate surface area is 57.7 Å². The molecule has 3 heteroatoms. The van der Waals surface area contributed by atoms with Crippen molar-refractivity contribution in [3.05, 3.63) is 29.3 Å². The molecule has 0 fully saturated rings. The van der Waals surface area contributed by atoms with Gasteiger partial charge in [0, 0.05) is 0 Å². The van der Waals surface area contributed by atoms with Crippen molar-refractivity contribution >= 4 is 6.29 Å². The molecule has 0 radical (unpaired) electrons. The SMILES string of the molecule is Cc1cc(F)cnc1C=O. The smallest absolute Gasteiger partial charge is 0.168 e. The molecule has 0 aliphatic rings. The molecule has 1 heterocycles. The fraction of sp³-hybridized carbons (Fsp3) is 0.143. The Hall–Kier alpha value is -1.25. The van der Waals surface area contributed by atoms with Crippen molar-refractivity contribution < 1.29 is 9.18 Å². The number of rotatable bonds is 1. The lowest BCUT2D eigenvalue weighted by Gasteiger charge is -1.94. The van der Waals surface area contributed by atoms with Crippen LogP contribution in [0, 0.1) is 12.7 Å². The van der Waals surface area contributed by atoms with Crippen molar-refractivity contribution in [1.82, 2.24) is 4.98 Å². The van der Waals surface area contributed by atoms with E-state index in [1.807, 2.05) is 0 Å². The molecule has 1 aromatic heterocycles. The molecule has 0 aliphatic carbocycles. The van der Waals surface area contributed by atoms with Gasteiger partial charge < -0.3 is 0 Å². The van der Waals surface area contributed by atoms with Crippen molar-refractivity contribution in [2.24, 2.45) is 0 Å². The third-order valence-corrected chi connectivity index (χ3v) is 1.20. The molecular weight excluding hydrogens is 133 g/mol. The summed E-state index contributed by atoms with van der Waals surface area (Å²) in [5.74, 6) is -0.414. The zero-order chi connectivity index (χ0) is 7.56. The van der Waals surface area contributed by atoms with Crippen molar-refractivity contribution in [2.75, 3.05) is 0 Å². The molecule has 52 valence electrons. The van der Waals surface area contributed by atoms with Crippen LogP contribution < -0.4 is 0 Å². The first kappa shape index (κ1) is 6.86. The molecule has 0 amide bonds. The van der Waals surface area contributed by atoms with E-state index >= 15 is 0 Å². The van der Waals surface area contributed by atoms with Crippen molar-refractivity contribution in [2.45, 2.75) is 6.92 Å². The summed E-state index contributed by atoms with van der Waals surface area (Å²) in [6.07, 6.45) is 1.63. The number of carbonyl (C=O) groups is 1. The first-order valence-corrected chi connectivity index (χ1v) is 2.81. The molecule has 0 saturated carbocycles. The molecule has 10 heavy (non-hydrogen) atoms. The van der Waals surface area contributed by atoms with Crippen LogP contribution in [-0.2, 0) is 0 Å². The lowest BCUT2D eigenvalue weighted by Crippen LogP contribution is -1.91. The summed E-state index contributed by atoms with van der Waals surface area (Å²) in [4.78, 5) is 13.7. The monoisotopic (exact) mass is 139 g/mol. The summed E-state index contributed by atoms with van der Waals surface area (Å²) < 4.78 is 12.3. The minimum absolute atomic E-state index is 0.293. The van der Waals surface area contributed by atoms with Gasteiger partial charge in [-0.25, -0.2) is 4.39 Å². The van der Waals surface area contributed by atoms with E-state index in [-0.39, 0.29) is 0 Å². The van der Waals surface area contributed by atoms with Crippen LogP contribution in [0.25, 0.3) is 0 Å². The van der Waals surface area contributed by atoms with Gasteiger partial charge in [0.1, 0.15) is 11.5 Å². The summed E-state index contributed by atoms with van der Waals surface area (Å²) in [5.41, 5.74) is 0.858. The van der Waals surface area contributed by atoms with Crippen molar-refractivity contribution in [3.8, 4) is 0 Å². The summed E-state index contributed by atoms with van der Waals surface area (Å²) >= 11 is 0. The van der Waals surface area contributed by atoms with E-state index in [4.69, 9.17) is 0 Å². The van der Waals surface area contributed by atoms with Gasteiger partial charge in [0.25, 0.3) is 0 Å².